The normalized spacial score (nSPS) is 17.7. The predicted octanol–water partition coefficient (Wildman–Crippen LogP) is 4.63. The van der Waals surface area contributed by atoms with Crippen molar-refractivity contribution in [1.29, 1.82) is 0 Å². The summed E-state index contributed by atoms with van der Waals surface area (Å²) in [6.45, 7) is 23.8. The Balaban J connectivity index is 5.35. The largest absolute Gasteiger partial charge is 0.313 e. The predicted molar refractivity (Wildman–Crippen MR) is 87.2 cm³/mol. The number of rotatable bonds is 5. The number of hydrogen-bond donors (Lipinski definition) is 1. The van der Waals surface area contributed by atoms with E-state index in [9.17, 15) is 0 Å². The van der Waals surface area contributed by atoms with E-state index in [-0.39, 0.29) is 22.0 Å². The van der Waals surface area contributed by atoms with Crippen molar-refractivity contribution in [3.63, 3.8) is 0 Å². The zero-order valence-corrected chi connectivity index (χ0v) is 15.1. The fraction of sp³-hybridized carbons (Fsp3) is 1.00. The van der Waals surface area contributed by atoms with Gasteiger partial charge in [-0.2, -0.15) is 0 Å². The summed E-state index contributed by atoms with van der Waals surface area (Å²) in [5, 5.41) is 0. The molecule has 0 aromatic rings. The molecule has 1 atom stereocenters. The molecule has 2 heteroatoms. The molecule has 0 radical (unpaired) electrons. The van der Waals surface area contributed by atoms with Crippen molar-refractivity contribution >= 4 is 0 Å². The molecule has 0 aliphatic rings. The molecule has 0 fully saturated rings. The molecule has 0 aliphatic carbocycles. The zero-order chi connectivity index (χ0) is 15.7. The Morgan fingerprint density at radius 2 is 1.21 bits per heavy atom. The first-order valence-corrected chi connectivity index (χ1v) is 7.67. The lowest BCUT2D eigenvalue weighted by Crippen LogP contribution is -2.64. The molecule has 2 nitrogen and oxygen atoms in total. The van der Waals surface area contributed by atoms with Gasteiger partial charge in [0, 0.05) is 12.1 Å². The van der Waals surface area contributed by atoms with E-state index in [1.165, 1.54) is 0 Å². The molecule has 1 unspecified atom stereocenters. The van der Waals surface area contributed by atoms with Gasteiger partial charge in [-0.25, -0.2) is 0 Å². The summed E-state index contributed by atoms with van der Waals surface area (Å²) in [4.78, 5) is 2.52. The maximum atomic E-state index is 6.74. The average molecular weight is 271 g/mol. The van der Waals surface area contributed by atoms with Crippen LogP contribution < -0.4 is 5.73 Å². The molecule has 116 valence electrons. The Labute approximate surface area is 122 Å². The first kappa shape index (κ1) is 18.9. The van der Waals surface area contributed by atoms with Crippen molar-refractivity contribution in [3.8, 4) is 0 Å². The van der Waals surface area contributed by atoms with Crippen LogP contribution in [-0.2, 0) is 0 Å². The Morgan fingerprint density at radius 1 is 0.789 bits per heavy atom. The third kappa shape index (κ3) is 6.76. The highest BCUT2D eigenvalue weighted by atomic mass is 15.3. The first-order valence-electron chi connectivity index (χ1n) is 7.67. The quantitative estimate of drug-likeness (QED) is 0.738. The van der Waals surface area contributed by atoms with Crippen LogP contribution in [0.4, 0.5) is 0 Å². The van der Waals surface area contributed by atoms with Gasteiger partial charge < -0.3 is 5.73 Å². The molecular weight excluding hydrogens is 232 g/mol. The number of nitrogens with two attached hydrogens (primary N) is 1. The molecule has 2 N–H and O–H groups in total. The van der Waals surface area contributed by atoms with E-state index in [1.807, 2.05) is 0 Å². The van der Waals surface area contributed by atoms with E-state index in [1.54, 1.807) is 0 Å². The van der Waals surface area contributed by atoms with Crippen molar-refractivity contribution in [2.45, 2.75) is 93.3 Å². The van der Waals surface area contributed by atoms with E-state index in [0.717, 1.165) is 19.4 Å². The number of nitrogens with zero attached hydrogens (tertiary/aromatic N) is 1. The van der Waals surface area contributed by atoms with Crippen LogP contribution in [0.25, 0.3) is 0 Å². The summed E-state index contributed by atoms with van der Waals surface area (Å²) in [6, 6.07) is 0. The van der Waals surface area contributed by atoms with Crippen LogP contribution in [0.1, 0.15) is 82.1 Å². The maximum absolute atomic E-state index is 6.74. The first-order chi connectivity index (χ1) is 8.11. The second-order valence-corrected chi connectivity index (χ2v) is 9.41. The van der Waals surface area contributed by atoms with Crippen LogP contribution in [-0.4, -0.2) is 22.6 Å². The van der Waals surface area contributed by atoms with E-state index in [4.69, 9.17) is 5.73 Å². The molecule has 0 spiro atoms. The molecule has 0 saturated carbocycles. The molecule has 0 amide bonds. The van der Waals surface area contributed by atoms with Gasteiger partial charge in [-0.05, 0) is 44.4 Å². The van der Waals surface area contributed by atoms with Gasteiger partial charge in [-0.1, -0.05) is 48.5 Å². The van der Waals surface area contributed by atoms with Crippen LogP contribution in [0.3, 0.4) is 0 Å². The summed E-state index contributed by atoms with van der Waals surface area (Å²) < 4.78 is 0. The van der Waals surface area contributed by atoms with Crippen LogP contribution in [0, 0.1) is 10.8 Å². The fourth-order valence-electron chi connectivity index (χ4n) is 2.92. The maximum Gasteiger partial charge on any atom is 0.0667 e. The third-order valence-corrected chi connectivity index (χ3v) is 3.73. The van der Waals surface area contributed by atoms with Crippen molar-refractivity contribution in [3.05, 3.63) is 0 Å². The van der Waals surface area contributed by atoms with Crippen molar-refractivity contribution < 1.29 is 0 Å². The third-order valence-electron chi connectivity index (χ3n) is 3.73. The fourth-order valence-corrected chi connectivity index (χ4v) is 2.92. The topological polar surface area (TPSA) is 29.3 Å². The van der Waals surface area contributed by atoms with Crippen LogP contribution in [0.2, 0.25) is 0 Å². The highest BCUT2D eigenvalue weighted by Gasteiger charge is 2.41. The van der Waals surface area contributed by atoms with Gasteiger partial charge in [0.1, 0.15) is 0 Å². The van der Waals surface area contributed by atoms with Gasteiger partial charge in [0.05, 0.1) is 5.66 Å². The zero-order valence-electron chi connectivity index (χ0n) is 15.1. The SMILES string of the molecule is CCC(C)(C)N(CC(C)(C)C)C(C)(N)CC(C)(C)C. The van der Waals surface area contributed by atoms with Gasteiger partial charge in [-0.3, -0.25) is 4.90 Å². The van der Waals surface area contributed by atoms with Crippen molar-refractivity contribution in [2.24, 2.45) is 16.6 Å². The summed E-state index contributed by atoms with van der Waals surface area (Å²) >= 11 is 0. The monoisotopic (exact) mass is 270 g/mol. The van der Waals surface area contributed by atoms with E-state index >= 15 is 0 Å². The highest BCUT2D eigenvalue weighted by molar-refractivity contribution is 4.94. The smallest absolute Gasteiger partial charge is 0.0667 e. The van der Waals surface area contributed by atoms with E-state index in [2.05, 4.69) is 74.1 Å². The van der Waals surface area contributed by atoms with Gasteiger partial charge in [0.2, 0.25) is 0 Å². The molecule has 0 bridgehead atoms. The Hall–Kier alpha value is -0.0800. The van der Waals surface area contributed by atoms with Crippen molar-refractivity contribution in [1.82, 2.24) is 4.90 Å². The van der Waals surface area contributed by atoms with Crippen LogP contribution in [0.15, 0.2) is 0 Å². The van der Waals surface area contributed by atoms with E-state index < -0.39 is 0 Å². The summed E-state index contributed by atoms with van der Waals surface area (Å²) in [7, 11) is 0. The van der Waals surface area contributed by atoms with Crippen molar-refractivity contribution in [2.75, 3.05) is 6.54 Å². The minimum Gasteiger partial charge on any atom is -0.313 e. The second kappa shape index (κ2) is 5.73. The lowest BCUT2D eigenvalue weighted by atomic mass is 9.81. The summed E-state index contributed by atoms with van der Waals surface area (Å²) in [5.74, 6) is 0. The van der Waals surface area contributed by atoms with E-state index in [0.29, 0.717) is 0 Å². The van der Waals surface area contributed by atoms with Gasteiger partial charge in [0.25, 0.3) is 0 Å². The van der Waals surface area contributed by atoms with Gasteiger partial charge >= 0.3 is 0 Å². The summed E-state index contributed by atoms with van der Waals surface area (Å²) in [6.07, 6.45) is 2.11. The van der Waals surface area contributed by atoms with Crippen LogP contribution >= 0.6 is 0 Å². The number of hydrogen-bond acceptors (Lipinski definition) is 2. The standard InChI is InChI=1S/C17H38N2/c1-11-16(8,9)19(13-15(5,6)7)17(10,18)12-14(2,3)4/h11-13,18H2,1-10H3. The van der Waals surface area contributed by atoms with Crippen LogP contribution in [0.5, 0.6) is 0 Å². The molecule has 0 aromatic carbocycles. The lowest BCUT2D eigenvalue weighted by Gasteiger charge is -2.52. The Morgan fingerprint density at radius 3 is 1.47 bits per heavy atom. The molecule has 0 heterocycles. The second-order valence-electron chi connectivity index (χ2n) is 9.41. The van der Waals surface area contributed by atoms with Gasteiger partial charge in [-0.15, -0.1) is 0 Å². The molecule has 0 aliphatic heterocycles. The molecule has 0 saturated heterocycles. The molecule has 0 aromatic heterocycles. The average Bonchev–Trinajstić information content (AvgIpc) is 2.08. The molecular formula is C17H38N2. The van der Waals surface area contributed by atoms with Gasteiger partial charge in [0.15, 0.2) is 0 Å². The molecule has 0 rings (SSSR count). The molecule has 19 heavy (non-hydrogen) atoms. The minimum absolute atomic E-state index is 0.127. The Kier molecular flexibility index (Phi) is 5.71. The summed E-state index contributed by atoms with van der Waals surface area (Å²) in [5.41, 5.74) is 7.09. The minimum atomic E-state index is -0.273. The Bertz CT molecular complexity index is 277. The lowest BCUT2D eigenvalue weighted by molar-refractivity contribution is -0.0383. The highest BCUT2D eigenvalue weighted by Crippen LogP contribution is 2.35.